The van der Waals surface area contributed by atoms with Crippen molar-refractivity contribution in [2.75, 3.05) is 20.0 Å². The first-order valence-electron chi connectivity index (χ1n) is 5.22. The van der Waals surface area contributed by atoms with E-state index in [-0.39, 0.29) is 5.88 Å². The summed E-state index contributed by atoms with van der Waals surface area (Å²) in [6, 6.07) is 3.48. The molecule has 5 nitrogen and oxygen atoms in total. The number of aromatic nitrogens is 1. The molecule has 0 bridgehead atoms. The monoisotopic (exact) mass is 312 g/mol. The summed E-state index contributed by atoms with van der Waals surface area (Å²) in [6.07, 6.45) is 0. The third kappa shape index (κ3) is 2.03. The molecular weight excluding hydrogens is 300 g/mol. The predicted molar refractivity (Wildman–Crippen MR) is 71.9 cm³/mol. The molecular formula is C12H13BrN2O3. The van der Waals surface area contributed by atoms with Gasteiger partial charge < -0.3 is 19.7 Å². The smallest absolute Gasteiger partial charge is 0.222 e. The van der Waals surface area contributed by atoms with E-state index in [0.717, 1.165) is 21.3 Å². The van der Waals surface area contributed by atoms with Gasteiger partial charge in [-0.2, -0.15) is 0 Å². The van der Waals surface area contributed by atoms with Gasteiger partial charge in [-0.25, -0.2) is 0 Å². The Morgan fingerprint density at radius 2 is 2.00 bits per heavy atom. The molecule has 0 saturated carbocycles. The van der Waals surface area contributed by atoms with Crippen molar-refractivity contribution >= 4 is 21.8 Å². The molecule has 2 N–H and O–H groups in total. The van der Waals surface area contributed by atoms with E-state index in [9.17, 15) is 0 Å². The lowest BCUT2D eigenvalue weighted by molar-refractivity contribution is 0.398. The number of nitrogens with two attached hydrogens (primary N) is 1. The van der Waals surface area contributed by atoms with E-state index in [1.807, 2.05) is 13.0 Å². The maximum absolute atomic E-state index is 5.53. The molecule has 0 aliphatic heterocycles. The third-order valence-corrected chi connectivity index (χ3v) is 3.60. The molecule has 18 heavy (non-hydrogen) atoms. The molecule has 0 aliphatic carbocycles. The summed E-state index contributed by atoms with van der Waals surface area (Å²) in [5.41, 5.74) is 7.84. The van der Waals surface area contributed by atoms with E-state index in [4.69, 9.17) is 19.7 Å². The number of ether oxygens (including phenoxy) is 2. The maximum Gasteiger partial charge on any atom is 0.222 e. The van der Waals surface area contributed by atoms with Crippen LogP contribution in [0.15, 0.2) is 21.1 Å². The molecule has 1 aromatic heterocycles. The normalized spacial score (nSPS) is 10.4. The van der Waals surface area contributed by atoms with Crippen molar-refractivity contribution in [2.45, 2.75) is 6.92 Å². The minimum atomic E-state index is 0.253. The largest absolute Gasteiger partial charge is 0.496 e. The van der Waals surface area contributed by atoms with Crippen LogP contribution in [0.3, 0.4) is 0 Å². The van der Waals surface area contributed by atoms with Gasteiger partial charge in [-0.15, -0.1) is 0 Å². The molecule has 0 fully saturated rings. The summed E-state index contributed by atoms with van der Waals surface area (Å²) in [5, 5.41) is 3.88. The number of halogens is 1. The molecule has 0 spiro atoms. The Labute approximate surface area is 113 Å². The summed E-state index contributed by atoms with van der Waals surface area (Å²) >= 11 is 3.49. The van der Waals surface area contributed by atoms with Crippen LogP contribution >= 0.6 is 15.9 Å². The topological polar surface area (TPSA) is 70.5 Å². The molecule has 96 valence electrons. The van der Waals surface area contributed by atoms with Crippen molar-refractivity contribution in [3.63, 3.8) is 0 Å². The average Bonchev–Trinajstić information content (AvgIpc) is 2.79. The quantitative estimate of drug-likeness (QED) is 0.943. The third-order valence-electron chi connectivity index (χ3n) is 2.65. The van der Waals surface area contributed by atoms with Gasteiger partial charge in [0, 0.05) is 11.6 Å². The van der Waals surface area contributed by atoms with Gasteiger partial charge in [-0.1, -0.05) is 5.16 Å². The van der Waals surface area contributed by atoms with Gasteiger partial charge >= 0.3 is 0 Å². The summed E-state index contributed by atoms with van der Waals surface area (Å²) in [6.45, 7) is 1.94. The minimum Gasteiger partial charge on any atom is -0.496 e. The van der Waals surface area contributed by atoms with Crippen molar-refractivity contribution in [3.8, 4) is 22.8 Å². The predicted octanol–water partition coefficient (Wildman–Crippen LogP) is 3.01. The Hall–Kier alpha value is -1.69. The number of anilines is 1. The van der Waals surface area contributed by atoms with Crippen molar-refractivity contribution < 1.29 is 14.0 Å². The number of rotatable bonds is 3. The Morgan fingerprint density at radius 3 is 2.50 bits per heavy atom. The highest BCUT2D eigenvalue weighted by Gasteiger charge is 2.18. The van der Waals surface area contributed by atoms with E-state index < -0.39 is 0 Å². The second kappa shape index (κ2) is 4.89. The highest BCUT2D eigenvalue weighted by Crippen LogP contribution is 2.42. The fourth-order valence-corrected chi connectivity index (χ4v) is 2.29. The van der Waals surface area contributed by atoms with Gasteiger partial charge in [-0.05, 0) is 28.9 Å². The lowest BCUT2D eigenvalue weighted by Crippen LogP contribution is -1.95. The van der Waals surface area contributed by atoms with Crippen LogP contribution in [0.2, 0.25) is 0 Å². The maximum atomic E-state index is 5.53. The highest BCUT2D eigenvalue weighted by atomic mass is 79.9. The fourth-order valence-electron chi connectivity index (χ4n) is 1.72. The van der Waals surface area contributed by atoms with E-state index in [0.29, 0.717) is 11.4 Å². The number of hydrogen-bond acceptors (Lipinski definition) is 5. The Balaban J connectivity index is 2.69. The van der Waals surface area contributed by atoms with Crippen LogP contribution in [0.4, 0.5) is 5.88 Å². The summed E-state index contributed by atoms with van der Waals surface area (Å²) in [5.74, 6) is 1.66. The van der Waals surface area contributed by atoms with Gasteiger partial charge in [0.1, 0.15) is 17.2 Å². The van der Waals surface area contributed by atoms with Crippen LogP contribution in [0.5, 0.6) is 11.5 Å². The second-order valence-electron chi connectivity index (χ2n) is 3.71. The molecule has 0 aliphatic rings. The average molecular weight is 313 g/mol. The van der Waals surface area contributed by atoms with Gasteiger partial charge in [0.25, 0.3) is 0 Å². The van der Waals surface area contributed by atoms with Gasteiger partial charge in [0.05, 0.1) is 24.3 Å². The molecule has 0 amide bonds. The first kappa shape index (κ1) is 12.8. The zero-order chi connectivity index (χ0) is 13.3. The van der Waals surface area contributed by atoms with E-state index >= 15 is 0 Å². The summed E-state index contributed by atoms with van der Waals surface area (Å²) < 4.78 is 16.4. The molecule has 2 aromatic rings. The van der Waals surface area contributed by atoms with Crippen LogP contribution in [0, 0.1) is 6.92 Å². The van der Waals surface area contributed by atoms with E-state index in [2.05, 4.69) is 21.1 Å². The van der Waals surface area contributed by atoms with Crippen molar-refractivity contribution in [1.29, 1.82) is 0 Å². The highest BCUT2D eigenvalue weighted by molar-refractivity contribution is 9.10. The Bertz CT molecular complexity index is 581. The Kier molecular flexibility index (Phi) is 3.47. The van der Waals surface area contributed by atoms with Crippen LogP contribution in [0.1, 0.15) is 5.56 Å². The van der Waals surface area contributed by atoms with Crippen molar-refractivity contribution in [2.24, 2.45) is 0 Å². The first-order chi connectivity index (χ1) is 8.58. The van der Waals surface area contributed by atoms with E-state index in [1.165, 1.54) is 0 Å². The zero-order valence-electron chi connectivity index (χ0n) is 10.3. The standard InChI is InChI=1S/C12H13BrN2O3/c1-6-9(16-2)4-7(12(17-3)11(6)13)8-5-10(14)18-15-8/h4-5H,14H2,1-3H3. The number of nitrogen functional groups attached to an aromatic ring is 1. The number of benzene rings is 1. The molecule has 0 saturated heterocycles. The molecule has 0 atom stereocenters. The SMILES string of the molecule is COc1cc(-c2cc(N)on2)c(OC)c(Br)c1C. The van der Waals surface area contributed by atoms with Crippen LogP contribution in [-0.2, 0) is 0 Å². The molecule has 1 heterocycles. The number of hydrogen-bond donors (Lipinski definition) is 1. The van der Waals surface area contributed by atoms with Crippen LogP contribution in [-0.4, -0.2) is 19.4 Å². The molecule has 0 radical (unpaired) electrons. The molecule has 6 heteroatoms. The lowest BCUT2D eigenvalue weighted by Gasteiger charge is -2.14. The Morgan fingerprint density at radius 1 is 1.28 bits per heavy atom. The van der Waals surface area contributed by atoms with E-state index in [1.54, 1.807) is 20.3 Å². The summed E-state index contributed by atoms with van der Waals surface area (Å²) in [7, 11) is 3.21. The minimum absolute atomic E-state index is 0.253. The number of methoxy groups -OCH3 is 2. The van der Waals surface area contributed by atoms with Crippen molar-refractivity contribution in [3.05, 3.63) is 22.2 Å². The van der Waals surface area contributed by atoms with Crippen LogP contribution < -0.4 is 15.2 Å². The lowest BCUT2D eigenvalue weighted by atomic mass is 10.1. The first-order valence-corrected chi connectivity index (χ1v) is 6.01. The fraction of sp³-hybridized carbons (Fsp3) is 0.250. The molecule has 2 rings (SSSR count). The van der Waals surface area contributed by atoms with Gasteiger partial charge in [0.15, 0.2) is 0 Å². The van der Waals surface area contributed by atoms with Crippen molar-refractivity contribution in [1.82, 2.24) is 5.16 Å². The molecule has 1 aromatic carbocycles. The summed E-state index contributed by atoms with van der Waals surface area (Å²) in [4.78, 5) is 0. The van der Waals surface area contributed by atoms with Gasteiger partial charge in [-0.3, -0.25) is 0 Å². The second-order valence-corrected chi connectivity index (χ2v) is 4.51. The van der Waals surface area contributed by atoms with Crippen LogP contribution in [0.25, 0.3) is 11.3 Å². The zero-order valence-corrected chi connectivity index (χ0v) is 11.9. The van der Waals surface area contributed by atoms with Gasteiger partial charge in [0.2, 0.25) is 5.88 Å². The number of nitrogens with zero attached hydrogens (tertiary/aromatic N) is 1. The molecule has 0 unspecified atom stereocenters.